The molecule has 1 saturated carbocycles. The number of carbonyl (C=O) groups is 1. The van der Waals surface area contributed by atoms with Gasteiger partial charge in [-0.3, -0.25) is 4.31 Å². The van der Waals surface area contributed by atoms with E-state index >= 15 is 0 Å². The Morgan fingerprint density at radius 2 is 1.60 bits per heavy atom. The molecule has 0 aromatic heterocycles. The number of hydrogen-bond acceptors (Lipinski definition) is 6. The van der Waals surface area contributed by atoms with E-state index in [9.17, 15) is 9.90 Å². The molecular formula is C38H48N2O4S. The van der Waals surface area contributed by atoms with E-state index in [0.29, 0.717) is 17.5 Å². The fraction of sp³-hybridized carbons (Fsp3) is 0.447. The number of aromatic carboxylic acids is 1. The van der Waals surface area contributed by atoms with Crippen LogP contribution in [0.15, 0.2) is 72.3 Å². The lowest BCUT2D eigenvalue weighted by Crippen LogP contribution is -2.36. The average molecular weight is 629 g/mol. The highest BCUT2D eigenvalue weighted by Gasteiger charge is 2.28. The summed E-state index contributed by atoms with van der Waals surface area (Å²) in [6.45, 7) is 9.43. The Labute approximate surface area is 273 Å². The van der Waals surface area contributed by atoms with Crippen LogP contribution in [0.3, 0.4) is 0 Å². The Hall–Kier alpha value is -3.42. The first kappa shape index (κ1) is 33.0. The zero-order valence-electron chi connectivity index (χ0n) is 27.3. The van der Waals surface area contributed by atoms with Crippen LogP contribution in [-0.2, 0) is 0 Å². The van der Waals surface area contributed by atoms with Crippen molar-refractivity contribution >= 4 is 29.3 Å². The predicted octanol–water partition coefficient (Wildman–Crippen LogP) is 9.83. The van der Waals surface area contributed by atoms with Gasteiger partial charge in [0.15, 0.2) is 0 Å². The minimum Gasteiger partial charge on any atom is -0.493 e. The molecule has 0 radical (unpaired) electrons. The molecule has 2 aliphatic rings. The third-order valence-corrected chi connectivity index (χ3v) is 10.2. The molecule has 240 valence electrons. The zero-order chi connectivity index (χ0) is 31.8. The first-order valence-corrected chi connectivity index (χ1v) is 17.7. The summed E-state index contributed by atoms with van der Waals surface area (Å²) in [5.41, 5.74) is 6.04. The molecular weight excluding hydrogens is 580 g/mol. The number of allylic oxidation sites excluding steroid dienone is 1. The fourth-order valence-corrected chi connectivity index (χ4v) is 7.15. The van der Waals surface area contributed by atoms with Crippen molar-refractivity contribution in [1.82, 2.24) is 4.31 Å². The highest BCUT2D eigenvalue weighted by atomic mass is 32.2. The molecule has 3 aromatic carbocycles. The van der Waals surface area contributed by atoms with Gasteiger partial charge in [-0.25, -0.2) is 4.79 Å². The van der Waals surface area contributed by atoms with E-state index in [4.69, 9.17) is 9.47 Å². The minimum atomic E-state index is -0.894. The standard InChI is InChI=1S/C38H48N2O4S/c1-5-27(2)37(40(32-10-7-6-8-11-32)36-19-16-31(38(41)42)24-28(36)3)30-14-17-33(18-15-30)44-35-13-9-12-34(25-35)43-26-29-20-22-39(45-4)23-21-29/h9,12-19,24-25,29,32H,5-8,10-11,20-23,26H2,1-4H3,(H,41,42). The van der Waals surface area contributed by atoms with Gasteiger partial charge in [-0.2, -0.15) is 0 Å². The summed E-state index contributed by atoms with van der Waals surface area (Å²) in [7, 11) is 0. The molecule has 6 nitrogen and oxygen atoms in total. The van der Waals surface area contributed by atoms with Crippen LogP contribution in [0.4, 0.5) is 5.69 Å². The highest BCUT2D eigenvalue weighted by Crippen LogP contribution is 2.39. The normalized spacial score (nSPS) is 17.1. The van der Waals surface area contributed by atoms with Gasteiger partial charge in [0, 0.05) is 36.6 Å². The van der Waals surface area contributed by atoms with E-state index in [1.807, 2.05) is 61.3 Å². The van der Waals surface area contributed by atoms with Crippen LogP contribution in [0.1, 0.15) is 86.7 Å². The number of piperidine rings is 1. The summed E-state index contributed by atoms with van der Waals surface area (Å²) in [5, 5.41) is 9.60. The van der Waals surface area contributed by atoms with Crippen molar-refractivity contribution in [2.75, 3.05) is 30.9 Å². The van der Waals surface area contributed by atoms with Crippen molar-refractivity contribution in [3.05, 3.63) is 89.0 Å². The van der Waals surface area contributed by atoms with E-state index in [2.05, 4.69) is 41.4 Å². The Morgan fingerprint density at radius 3 is 2.24 bits per heavy atom. The minimum absolute atomic E-state index is 0.324. The van der Waals surface area contributed by atoms with Crippen molar-refractivity contribution in [2.45, 2.75) is 78.2 Å². The average Bonchev–Trinajstić information content (AvgIpc) is 3.07. The number of anilines is 1. The molecule has 0 spiro atoms. The van der Waals surface area contributed by atoms with Gasteiger partial charge in [-0.05, 0) is 129 Å². The topological polar surface area (TPSA) is 62.2 Å². The molecule has 0 bridgehead atoms. The Bertz CT molecular complexity index is 1460. The maximum Gasteiger partial charge on any atom is 0.335 e. The number of rotatable bonds is 12. The number of benzene rings is 3. The monoisotopic (exact) mass is 628 g/mol. The maximum atomic E-state index is 11.7. The molecule has 5 rings (SSSR count). The van der Waals surface area contributed by atoms with Gasteiger partial charge in [-0.15, -0.1) is 0 Å². The van der Waals surface area contributed by atoms with E-state index in [0.717, 1.165) is 73.0 Å². The summed E-state index contributed by atoms with van der Waals surface area (Å²) in [4.78, 5) is 14.2. The van der Waals surface area contributed by atoms with Crippen molar-refractivity contribution in [3.8, 4) is 17.2 Å². The summed E-state index contributed by atoms with van der Waals surface area (Å²) >= 11 is 1.83. The van der Waals surface area contributed by atoms with Gasteiger partial charge >= 0.3 is 5.97 Å². The van der Waals surface area contributed by atoms with E-state index < -0.39 is 5.97 Å². The van der Waals surface area contributed by atoms with Gasteiger partial charge in [0.05, 0.1) is 12.2 Å². The van der Waals surface area contributed by atoms with Crippen molar-refractivity contribution in [3.63, 3.8) is 0 Å². The second-order valence-electron chi connectivity index (χ2n) is 12.4. The third kappa shape index (κ3) is 8.44. The molecule has 45 heavy (non-hydrogen) atoms. The zero-order valence-corrected chi connectivity index (χ0v) is 28.1. The number of carboxylic acids is 1. The van der Waals surface area contributed by atoms with Crippen LogP contribution in [0.25, 0.3) is 5.70 Å². The van der Waals surface area contributed by atoms with Crippen molar-refractivity contribution in [1.29, 1.82) is 0 Å². The van der Waals surface area contributed by atoms with Gasteiger partial charge in [0.1, 0.15) is 17.2 Å². The largest absolute Gasteiger partial charge is 0.493 e. The molecule has 1 heterocycles. The van der Waals surface area contributed by atoms with Crippen molar-refractivity contribution < 1.29 is 19.4 Å². The van der Waals surface area contributed by atoms with Gasteiger partial charge in [-0.1, -0.05) is 44.2 Å². The lowest BCUT2D eigenvalue weighted by atomic mass is 9.90. The highest BCUT2D eigenvalue weighted by molar-refractivity contribution is 7.96. The summed E-state index contributed by atoms with van der Waals surface area (Å²) in [6.07, 6.45) is 11.3. The lowest BCUT2D eigenvalue weighted by Gasteiger charge is -2.40. The Balaban J connectivity index is 1.35. The van der Waals surface area contributed by atoms with Gasteiger partial charge in [0.25, 0.3) is 0 Å². The van der Waals surface area contributed by atoms with E-state index in [1.54, 1.807) is 12.1 Å². The Kier molecular flexibility index (Phi) is 11.5. The van der Waals surface area contributed by atoms with Gasteiger partial charge in [0.2, 0.25) is 0 Å². The predicted molar refractivity (Wildman–Crippen MR) is 187 cm³/mol. The number of aryl methyl sites for hydroxylation is 1. The smallest absolute Gasteiger partial charge is 0.335 e. The second-order valence-corrected chi connectivity index (χ2v) is 13.3. The van der Waals surface area contributed by atoms with Crippen molar-refractivity contribution in [2.24, 2.45) is 5.92 Å². The SMILES string of the molecule is CCC(C)=C(c1ccc(Oc2cccc(OCC3CCN(SC)CC3)c2)cc1)N(c1ccc(C(=O)O)cc1C)C1CCCCC1. The Morgan fingerprint density at radius 1 is 0.911 bits per heavy atom. The number of ether oxygens (including phenoxy) is 2. The molecule has 7 heteroatoms. The van der Waals surface area contributed by atoms with Crippen LogP contribution in [0, 0.1) is 12.8 Å². The molecule has 3 aromatic rings. The first-order valence-electron chi connectivity index (χ1n) is 16.5. The summed E-state index contributed by atoms with van der Waals surface area (Å²) < 4.78 is 14.9. The molecule has 0 amide bonds. The van der Waals surface area contributed by atoms with E-state index in [-0.39, 0.29) is 0 Å². The third-order valence-electron chi connectivity index (χ3n) is 9.30. The molecule has 0 unspecified atom stereocenters. The maximum absolute atomic E-state index is 11.7. The molecule has 1 saturated heterocycles. The van der Waals surface area contributed by atoms with Crippen LogP contribution in [0.2, 0.25) is 0 Å². The van der Waals surface area contributed by atoms with E-state index in [1.165, 1.54) is 43.4 Å². The quantitative estimate of drug-likeness (QED) is 0.200. The van der Waals surface area contributed by atoms with Crippen LogP contribution in [-0.4, -0.2) is 47.4 Å². The second kappa shape index (κ2) is 15.7. The lowest BCUT2D eigenvalue weighted by molar-refractivity contribution is 0.0696. The van der Waals surface area contributed by atoms with Gasteiger partial charge < -0.3 is 19.5 Å². The molecule has 2 fully saturated rings. The van der Waals surface area contributed by atoms with Crippen LogP contribution in [0.5, 0.6) is 17.2 Å². The van der Waals surface area contributed by atoms with Crippen LogP contribution >= 0.6 is 11.9 Å². The molecule has 1 aliphatic heterocycles. The molecule has 1 aliphatic carbocycles. The summed E-state index contributed by atoms with van der Waals surface area (Å²) in [6, 6.07) is 22.2. The fourth-order valence-electron chi connectivity index (χ4n) is 6.57. The molecule has 0 atom stereocenters. The number of nitrogens with zero attached hydrogens (tertiary/aromatic N) is 2. The number of hydrogen-bond donors (Lipinski definition) is 1. The summed E-state index contributed by atoms with van der Waals surface area (Å²) in [5.74, 6) is 2.07. The van der Waals surface area contributed by atoms with Crippen LogP contribution < -0.4 is 14.4 Å². The number of carboxylic acid groups (broad SMARTS) is 1. The molecule has 1 N–H and O–H groups in total. The first-order chi connectivity index (χ1) is 21.9.